The summed E-state index contributed by atoms with van der Waals surface area (Å²) in [6.07, 6.45) is 0. The van der Waals surface area contributed by atoms with E-state index in [9.17, 15) is 14.3 Å². The van der Waals surface area contributed by atoms with Gasteiger partial charge in [0.2, 0.25) is 0 Å². The van der Waals surface area contributed by atoms with Gasteiger partial charge in [0.25, 0.3) is 0 Å². The van der Waals surface area contributed by atoms with Crippen molar-refractivity contribution in [3.05, 3.63) is 24.0 Å². The van der Waals surface area contributed by atoms with Crippen LogP contribution < -0.4 is 4.74 Å². The number of hydrogen-bond acceptors (Lipinski definition) is 3. The minimum absolute atomic E-state index is 0.0659. The van der Waals surface area contributed by atoms with Gasteiger partial charge in [-0.3, -0.25) is 0 Å². The Balaban J connectivity index is 2.95. The number of aliphatic carboxylic acids is 1. The van der Waals surface area contributed by atoms with Gasteiger partial charge < -0.3 is 14.9 Å². The molecule has 82 valence electrons. The van der Waals surface area contributed by atoms with Crippen molar-refractivity contribution in [1.29, 1.82) is 0 Å². The van der Waals surface area contributed by atoms with Crippen molar-refractivity contribution in [2.75, 3.05) is 0 Å². The number of benzene rings is 1. The maximum Gasteiger partial charge on any atom is 0.347 e. The summed E-state index contributed by atoms with van der Waals surface area (Å²) in [6, 6.07) is 3.11. The van der Waals surface area contributed by atoms with E-state index < -0.39 is 23.1 Å². The van der Waals surface area contributed by atoms with E-state index in [0.717, 1.165) is 12.1 Å². The summed E-state index contributed by atoms with van der Waals surface area (Å²) in [6.45, 7) is 2.66. The van der Waals surface area contributed by atoms with E-state index in [0.29, 0.717) is 0 Å². The van der Waals surface area contributed by atoms with Crippen molar-refractivity contribution in [2.45, 2.75) is 19.4 Å². The molecule has 5 heteroatoms. The van der Waals surface area contributed by atoms with Crippen molar-refractivity contribution in [3.63, 3.8) is 0 Å². The van der Waals surface area contributed by atoms with Gasteiger partial charge in [-0.1, -0.05) is 0 Å². The number of carboxylic acid groups (broad SMARTS) is 1. The van der Waals surface area contributed by atoms with Gasteiger partial charge in [0.15, 0.2) is 17.1 Å². The molecule has 1 aromatic carbocycles. The third kappa shape index (κ3) is 2.59. The van der Waals surface area contributed by atoms with E-state index in [1.165, 1.54) is 19.9 Å². The molecule has 0 heterocycles. The maximum atomic E-state index is 12.6. The largest absolute Gasteiger partial charge is 0.504 e. The first-order chi connectivity index (χ1) is 6.83. The van der Waals surface area contributed by atoms with E-state index in [-0.39, 0.29) is 5.75 Å². The molecule has 1 rings (SSSR count). The first-order valence-electron chi connectivity index (χ1n) is 4.24. The van der Waals surface area contributed by atoms with Gasteiger partial charge in [-0.25, -0.2) is 9.18 Å². The van der Waals surface area contributed by atoms with Crippen LogP contribution in [-0.2, 0) is 4.79 Å². The fourth-order valence-corrected chi connectivity index (χ4v) is 0.895. The van der Waals surface area contributed by atoms with Gasteiger partial charge in [-0.05, 0) is 26.0 Å². The molecule has 4 nitrogen and oxygen atoms in total. The number of ether oxygens (including phenoxy) is 1. The molecular weight excluding hydrogens is 203 g/mol. The Morgan fingerprint density at radius 3 is 2.53 bits per heavy atom. The first-order valence-corrected chi connectivity index (χ1v) is 4.24. The Morgan fingerprint density at radius 1 is 1.47 bits per heavy atom. The summed E-state index contributed by atoms with van der Waals surface area (Å²) in [5, 5.41) is 18.0. The van der Waals surface area contributed by atoms with Crippen LogP contribution in [0.25, 0.3) is 0 Å². The average molecular weight is 214 g/mol. The summed E-state index contributed by atoms with van der Waals surface area (Å²) in [5.74, 6) is -2.28. The summed E-state index contributed by atoms with van der Waals surface area (Å²) >= 11 is 0. The minimum atomic E-state index is -1.48. The summed E-state index contributed by atoms with van der Waals surface area (Å²) in [4.78, 5) is 10.7. The monoisotopic (exact) mass is 214 g/mol. The van der Waals surface area contributed by atoms with Crippen LogP contribution in [0.5, 0.6) is 11.5 Å². The summed E-state index contributed by atoms with van der Waals surface area (Å²) in [7, 11) is 0. The van der Waals surface area contributed by atoms with Crippen LogP contribution in [0.2, 0.25) is 0 Å². The molecule has 15 heavy (non-hydrogen) atoms. The highest BCUT2D eigenvalue weighted by molar-refractivity contribution is 5.76. The molecule has 0 bridgehead atoms. The Morgan fingerprint density at radius 2 is 2.07 bits per heavy atom. The van der Waals surface area contributed by atoms with Crippen LogP contribution in [0.3, 0.4) is 0 Å². The van der Waals surface area contributed by atoms with E-state index in [1.54, 1.807) is 0 Å². The van der Waals surface area contributed by atoms with Crippen molar-refractivity contribution < 1.29 is 24.1 Å². The van der Waals surface area contributed by atoms with Gasteiger partial charge in [-0.15, -0.1) is 0 Å². The highest BCUT2D eigenvalue weighted by Crippen LogP contribution is 2.29. The fourth-order valence-electron chi connectivity index (χ4n) is 0.895. The molecule has 0 unspecified atom stereocenters. The van der Waals surface area contributed by atoms with Crippen LogP contribution in [0.4, 0.5) is 4.39 Å². The molecule has 0 aliphatic carbocycles. The van der Waals surface area contributed by atoms with Crippen molar-refractivity contribution in [3.8, 4) is 11.5 Å². The van der Waals surface area contributed by atoms with Gasteiger partial charge in [0, 0.05) is 6.07 Å². The smallest absolute Gasteiger partial charge is 0.347 e. The number of carboxylic acids is 1. The lowest BCUT2D eigenvalue weighted by atomic mass is 10.1. The second-order valence-corrected chi connectivity index (χ2v) is 3.53. The van der Waals surface area contributed by atoms with Crippen molar-refractivity contribution >= 4 is 5.97 Å². The number of halogens is 1. The van der Waals surface area contributed by atoms with Gasteiger partial charge in [-0.2, -0.15) is 0 Å². The Bertz CT molecular complexity index is 387. The average Bonchev–Trinajstić information content (AvgIpc) is 2.09. The molecule has 1 aromatic rings. The van der Waals surface area contributed by atoms with Crippen LogP contribution in [-0.4, -0.2) is 21.8 Å². The zero-order valence-electron chi connectivity index (χ0n) is 8.32. The van der Waals surface area contributed by atoms with Gasteiger partial charge in [0.05, 0.1) is 0 Å². The zero-order valence-corrected chi connectivity index (χ0v) is 8.32. The standard InChI is InChI=1S/C10H11FO4/c1-10(2,9(13)14)15-8-4-3-6(11)5-7(8)12/h3-5,12H,1-2H3,(H,13,14). The number of hydrogen-bond donors (Lipinski definition) is 2. The Hall–Kier alpha value is -1.78. The molecule has 0 aliphatic rings. The zero-order chi connectivity index (χ0) is 11.6. The van der Waals surface area contributed by atoms with Crippen LogP contribution in [0.15, 0.2) is 18.2 Å². The normalized spacial score (nSPS) is 11.1. The number of phenols is 1. The molecular formula is C10H11FO4. The van der Waals surface area contributed by atoms with E-state index in [2.05, 4.69) is 0 Å². The fraction of sp³-hybridized carbons (Fsp3) is 0.300. The van der Waals surface area contributed by atoms with E-state index in [4.69, 9.17) is 9.84 Å². The van der Waals surface area contributed by atoms with E-state index in [1.807, 2.05) is 0 Å². The van der Waals surface area contributed by atoms with E-state index >= 15 is 0 Å². The third-order valence-electron chi connectivity index (χ3n) is 1.80. The van der Waals surface area contributed by atoms with Crippen LogP contribution >= 0.6 is 0 Å². The molecule has 0 radical (unpaired) electrons. The quantitative estimate of drug-likeness (QED) is 0.804. The van der Waals surface area contributed by atoms with Crippen molar-refractivity contribution in [1.82, 2.24) is 0 Å². The highest BCUT2D eigenvalue weighted by atomic mass is 19.1. The first kappa shape index (κ1) is 11.3. The number of aromatic hydroxyl groups is 1. The summed E-state index contributed by atoms with van der Waals surface area (Å²) in [5.41, 5.74) is -1.48. The molecule has 0 saturated carbocycles. The Kier molecular flexibility index (Phi) is 2.83. The number of phenolic OH excluding ortho intramolecular Hbond substituents is 1. The maximum absolute atomic E-state index is 12.6. The lowest BCUT2D eigenvalue weighted by Crippen LogP contribution is -2.37. The minimum Gasteiger partial charge on any atom is -0.504 e. The van der Waals surface area contributed by atoms with Crippen molar-refractivity contribution in [2.24, 2.45) is 0 Å². The topological polar surface area (TPSA) is 66.8 Å². The molecule has 0 saturated heterocycles. The third-order valence-corrected chi connectivity index (χ3v) is 1.80. The predicted molar refractivity (Wildman–Crippen MR) is 50.4 cm³/mol. The second-order valence-electron chi connectivity index (χ2n) is 3.53. The lowest BCUT2D eigenvalue weighted by Gasteiger charge is -2.21. The molecule has 0 aliphatic heterocycles. The number of rotatable bonds is 3. The molecule has 2 N–H and O–H groups in total. The molecule has 0 amide bonds. The Labute approximate surface area is 85.9 Å². The highest BCUT2D eigenvalue weighted by Gasteiger charge is 2.30. The number of carbonyl (C=O) groups is 1. The van der Waals surface area contributed by atoms with Crippen LogP contribution in [0, 0.1) is 5.82 Å². The van der Waals surface area contributed by atoms with Crippen LogP contribution in [0.1, 0.15) is 13.8 Å². The predicted octanol–water partition coefficient (Wildman–Crippen LogP) is 1.77. The molecule has 0 spiro atoms. The second kappa shape index (κ2) is 3.76. The lowest BCUT2D eigenvalue weighted by molar-refractivity contribution is -0.152. The molecule has 0 atom stereocenters. The molecule has 0 fully saturated rings. The molecule has 0 aromatic heterocycles. The summed E-state index contributed by atoms with van der Waals surface area (Å²) < 4.78 is 17.6. The van der Waals surface area contributed by atoms with Gasteiger partial charge in [0.1, 0.15) is 5.82 Å². The van der Waals surface area contributed by atoms with Gasteiger partial charge >= 0.3 is 5.97 Å². The SMILES string of the molecule is CC(C)(Oc1ccc(F)cc1O)C(=O)O.